The van der Waals surface area contributed by atoms with E-state index >= 15 is 0 Å². The fourth-order valence-electron chi connectivity index (χ4n) is 2.50. The van der Waals surface area contributed by atoms with Gasteiger partial charge in [0.25, 0.3) is 0 Å². The highest BCUT2D eigenvalue weighted by molar-refractivity contribution is 5.32. The van der Waals surface area contributed by atoms with Gasteiger partial charge in [-0.1, -0.05) is 19.3 Å². The lowest BCUT2D eigenvalue weighted by molar-refractivity contribution is 0.383. The van der Waals surface area contributed by atoms with E-state index in [1.54, 1.807) is 13.4 Å². The molecule has 4 nitrogen and oxygen atoms in total. The molecule has 0 atom stereocenters. The highest BCUT2D eigenvalue weighted by Crippen LogP contribution is 2.34. The van der Waals surface area contributed by atoms with Gasteiger partial charge in [0.1, 0.15) is 6.33 Å². The Morgan fingerprint density at radius 2 is 2.06 bits per heavy atom. The monoisotopic (exact) mass is 221 g/mol. The molecule has 0 radical (unpaired) electrons. The average Bonchev–Trinajstić information content (AvgIpc) is 2.38. The first-order valence-electron chi connectivity index (χ1n) is 5.94. The van der Waals surface area contributed by atoms with Gasteiger partial charge in [-0.2, -0.15) is 0 Å². The summed E-state index contributed by atoms with van der Waals surface area (Å²) in [6.45, 7) is 0.454. The van der Waals surface area contributed by atoms with Crippen LogP contribution in [0.3, 0.4) is 0 Å². The lowest BCUT2D eigenvalue weighted by Crippen LogP contribution is -2.13. The van der Waals surface area contributed by atoms with Crippen molar-refractivity contribution in [2.45, 2.75) is 44.6 Å². The molecule has 1 saturated carbocycles. The summed E-state index contributed by atoms with van der Waals surface area (Å²) >= 11 is 0. The number of aromatic nitrogens is 2. The second-order valence-corrected chi connectivity index (χ2v) is 4.29. The molecule has 1 aromatic heterocycles. The van der Waals surface area contributed by atoms with E-state index in [4.69, 9.17) is 10.5 Å². The van der Waals surface area contributed by atoms with Crippen LogP contribution in [0.1, 0.15) is 49.3 Å². The Hall–Kier alpha value is -1.16. The van der Waals surface area contributed by atoms with E-state index < -0.39 is 0 Å². The van der Waals surface area contributed by atoms with Gasteiger partial charge in [-0.15, -0.1) is 0 Å². The van der Waals surface area contributed by atoms with Crippen LogP contribution in [0.5, 0.6) is 5.88 Å². The normalized spacial score (nSPS) is 17.4. The maximum Gasteiger partial charge on any atom is 0.220 e. The molecule has 2 N–H and O–H groups in total. The highest BCUT2D eigenvalue weighted by Gasteiger charge is 2.21. The average molecular weight is 221 g/mol. The quantitative estimate of drug-likeness (QED) is 0.848. The standard InChI is InChI=1S/C12H19N3O/c1-16-12-10(7-13)11(14-8-15-12)9-5-3-2-4-6-9/h8-9H,2-7,13H2,1H3. The predicted molar refractivity (Wildman–Crippen MR) is 62.3 cm³/mol. The molecule has 0 saturated heterocycles. The van der Waals surface area contributed by atoms with E-state index in [2.05, 4.69) is 9.97 Å². The second kappa shape index (κ2) is 5.25. The summed E-state index contributed by atoms with van der Waals surface area (Å²) in [5.41, 5.74) is 7.86. The summed E-state index contributed by atoms with van der Waals surface area (Å²) in [7, 11) is 1.63. The number of nitrogens with zero attached hydrogens (tertiary/aromatic N) is 2. The van der Waals surface area contributed by atoms with Gasteiger partial charge in [0.05, 0.1) is 12.8 Å². The third-order valence-corrected chi connectivity index (χ3v) is 3.33. The zero-order valence-corrected chi connectivity index (χ0v) is 9.78. The van der Waals surface area contributed by atoms with Gasteiger partial charge in [-0.05, 0) is 12.8 Å². The van der Waals surface area contributed by atoms with Crippen molar-refractivity contribution in [1.82, 2.24) is 9.97 Å². The summed E-state index contributed by atoms with van der Waals surface area (Å²) in [6, 6.07) is 0. The third-order valence-electron chi connectivity index (χ3n) is 3.33. The maximum absolute atomic E-state index is 5.77. The molecule has 1 heterocycles. The third kappa shape index (κ3) is 2.16. The summed E-state index contributed by atoms with van der Waals surface area (Å²) in [5, 5.41) is 0. The van der Waals surface area contributed by atoms with Crippen molar-refractivity contribution < 1.29 is 4.74 Å². The highest BCUT2D eigenvalue weighted by atomic mass is 16.5. The number of rotatable bonds is 3. The molecule has 0 aliphatic heterocycles. The van der Waals surface area contributed by atoms with E-state index in [1.807, 2.05) is 0 Å². The predicted octanol–water partition coefficient (Wildman–Crippen LogP) is 1.99. The zero-order valence-electron chi connectivity index (χ0n) is 9.78. The van der Waals surface area contributed by atoms with E-state index in [9.17, 15) is 0 Å². The first-order valence-corrected chi connectivity index (χ1v) is 5.94. The number of methoxy groups -OCH3 is 1. The Balaban J connectivity index is 2.30. The van der Waals surface area contributed by atoms with E-state index in [0.29, 0.717) is 18.3 Å². The number of hydrogen-bond donors (Lipinski definition) is 1. The molecule has 1 aliphatic carbocycles. The van der Waals surface area contributed by atoms with Crippen LogP contribution in [0, 0.1) is 0 Å². The maximum atomic E-state index is 5.77. The summed E-state index contributed by atoms with van der Waals surface area (Å²) in [4.78, 5) is 8.52. The number of nitrogens with two attached hydrogens (primary N) is 1. The summed E-state index contributed by atoms with van der Waals surface area (Å²) < 4.78 is 5.24. The van der Waals surface area contributed by atoms with Crippen molar-refractivity contribution >= 4 is 0 Å². The van der Waals surface area contributed by atoms with Gasteiger partial charge in [0.15, 0.2) is 0 Å². The molecule has 0 aromatic carbocycles. The second-order valence-electron chi connectivity index (χ2n) is 4.29. The van der Waals surface area contributed by atoms with Crippen molar-refractivity contribution in [1.29, 1.82) is 0 Å². The fraction of sp³-hybridized carbons (Fsp3) is 0.667. The topological polar surface area (TPSA) is 61.0 Å². The van der Waals surface area contributed by atoms with Crippen LogP contribution in [0.2, 0.25) is 0 Å². The Bertz CT molecular complexity index is 348. The SMILES string of the molecule is COc1ncnc(C2CCCCC2)c1CN. The summed E-state index contributed by atoms with van der Waals surface area (Å²) in [6.07, 6.45) is 7.95. The van der Waals surface area contributed by atoms with Crippen LogP contribution < -0.4 is 10.5 Å². The van der Waals surface area contributed by atoms with Gasteiger partial charge >= 0.3 is 0 Å². The summed E-state index contributed by atoms with van der Waals surface area (Å²) in [5.74, 6) is 1.18. The fourth-order valence-corrected chi connectivity index (χ4v) is 2.50. The Labute approximate surface area is 96.2 Å². The Morgan fingerprint density at radius 3 is 2.69 bits per heavy atom. The van der Waals surface area contributed by atoms with E-state index in [1.165, 1.54) is 32.1 Å². The molecular weight excluding hydrogens is 202 g/mol. The number of ether oxygens (including phenoxy) is 1. The molecule has 0 bridgehead atoms. The molecule has 0 amide bonds. The Kier molecular flexibility index (Phi) is 3.72. The minimum Gasteiger partial charge on any atom is -0.481 e. The largest absolute Gasteiger partial charge is 0.481 e. The molecule has 4 heteroatoms. The van der Waals surface area contributed by atoms with Crippen LogP contribution >= 0.6 is 0 Å². The van der Waals surface area contributed by atoms with Gasteiger partial charge < -0.3 is 10.5 Å². The molecule has 16 heavy (non-hydrogen) atoms. The van der Waals surface area contributed by atoms with Crippen LogP contribution in [-0.4, -0.2) is 17.1 Å². The van der Waals surface area contributed by atoms with Gasteiger partial charge in [0, 0.05) is 18.0 Å². The van der Waals surface area contributed by atoms with Crippen molar-refractivity contribution in [3.05, 3.63) is 17.6 Å². The first kappa shape index (κ1) is 11.3. The van der Waals surface area contributed by atoms with Gasteiger partial charge in [0.2, 0.25) is 5.88 Å². The van der Waals surface area contributed by atoms with Crippen molar-refractivity contribution in [2.24, 2.45) is 5.73 Å². The minimum absolute atomic E-state index is 0.454. The van der Waals surface area contributed by atoms with Crippen molar-refractivity contribution in [2.75, 3.05) is 7.11 Å². The lowest BCUT2D eigenvalue weighted by Gasteiger charge is -2.23. The molecule has 2 rings (SSSR count). The van der Waals surface area contributed by atoms with Crippen LogP contribution in [-0.2, 0) is 6.54 Å². The Morgan fingerprint density at radius 1 is 1.31 bits per heavy atom. The molecule has 1 aliphatic rings. The first-order chi connectivity index (χ1) is 7.86. The molecular formula is C12H19N3O. The van der Waals surface area contributed by atoms with E-state index in [-0.39, 0.29) is 0 Å². The molecule has 0 unspecified atom stereocenters. The van der Waals surface area contributed by atoms with Crippen molar-refractivity contribution in [3.63, 3.8) is 0 Å². The lowest BCUT2D eigenvalue weighted by atomic mass is 9.85. The molecule has 1 fully saturated rings. The molecule has 0 spiro atoms. The smallest absolute Gasteiger partial charge is 0.220 e. The van der Waals surface area contributed by atoms with E-state index in [0.717, 1.165) is 11.3 Å². The van der Waals surface area contributed by atoms with Gasteiger partial charge in [-0.3, -0.25) is 0 Å². The van der Waals surface area contributed by atoms with Crippen molar-refractivity contribution in [3.8, 4) is 5.88 Å². The van der Waals surface area contributed by atoms with Crippen LogP contribution in [0.25, 0.3) is 0 Å². The van der Waals surface area contributed by atoms with Crippen LogP contribution in [0.15, 0.2) is 6.33 Å². The number of hydrogen-bond acceptors (Lipinski definition) is 4. The van der Waals surface area contributed by atoms with Gasteiger partial charge in [-0.25, -0.2) is 9.97 Å². The van der Waals surface area contributed by atoms with Crippen LogP contribution in [0.4, 0.5) is 0 Å². The zero-order chi connectivity index (χ0) is 11.4. The molecule has 1 aromatic rings. The minimum atomic E-state index is 0.454. The molecule has 88 valence electrons.